The number of hydrogen-bond donors (Lipinski definition) is 2. The predicted octanol–water partition coefficient (Wildman–Crippen LogP) is 1.58. The molecule has 0 bridgehead atoms. The van der Waals surface area contributed by atoms with Crippen molar-refractivity contribution in [1.82, 2.24) is 4.57 Å². The van der Waals surface area contributed by atoms with Crippen molar-refractivity contribution in [3.63, 3.8) is 0 Å². The summed E-state index contributed by atoms with van der Waals surface area (Å²) in [5.41, 5.74) is 5.78. The number of aromatic carboxylic acids is 1. The first-order valence-corrected chi connectivity index (χ1v) is 9.16. The molecule has 2 aromatic rings. The molecule has 0 spiro atoms. The number of nitrogens with two attached hydrogens (primary N) is 1. The van der Waals surface area contributed by atoms with Gasteiger partial charge in [0.15, 0.2) is 11.6 Å². The van der Waals surface area contributed by atoms with E-state index in [-0.39, 0.29) is 23.0 Å². The lowest BCUT2D eigenvalue weighted by Crippen LogP contribution is -2.29. The van der Waals surface area contributed by atoms with Crippen molar-refractivity contribution in [3.05, 3.63) is 33.9 Å². The summed E-state index contributed by atoms with van der Waals surface area (Å²) in [6.45, 7) is 3.63. The summed E-state index contributed by atoms with van der Waals surface area (Å²) in [5, 5.41) is 9.43. The Balaban J connectivity index is 1.79. The van der Waals surface area contributed by atoms with Gasteiger partial charge in [-0.3, -0.25) is 4.79 Å². The Bertz CT molecular complexity index is 1040. The first-order chi connectivity index (χ1) is 12.9. The number of piperidine rings is 1. The Hall–Kier alpha value is -2.61. The number of pyridine rings is 1. The van der Waals surface area contributed by atoms with E-state index in [0.717, 1.165) is 6.07 Å². The Morgan fingerprint density at radius 1 is 1.37 bits per heavy atom. The van der Waals surface area contributed by atoms with E-state index in [2.05, 4.69) is 0 Å². The Kier molecular flexibility index (Phi) is 3.34. The van der Waals surface area contributed by atoms with Crippen LogP contribution in [0.25, 0.3) is 10.9 Å². The molecule has 0 amide bonds. The summed E-state index contributed by atoms with van der Waals surface area (Å²) in [4.78, 5) is 26.1. The van der Waals surface area contributed by atoms with Gasteiger partial charge < -0.3 is 25.0 Å². The number of hydrogen-bond acceptors (Lipinski definition) is 5. The van der Waals surface area contributed by atoms with E-state index >= 15 is 4.39 Å². The zero-order chi connectivity index (χ0) is 19.0. The van der Waals surface area contributed by atoms with Crippen LogP contribution in [0.4, 0.5) is 10.1 Å². The second-order valence-corrected chi connectivity index (χ2v) is 7.81. The van der Waals surface area contributed by atoms with Crippen LogP contribution in [-0.2, 0) is 0 Å². The topological polar surface area (TPSA) is 97.8 Å². The number of benzene rings is 1. The van der Waals surface area contributed by atoms with Gasteiger partial charge in [0.25, 0.3) is 0 Å². The third-order valence-electron chi connectivity index (χ3n) is 6.26. The van der Waals surface area contributed by atoms with Crippen LogP contribution in [0.2, 0.25) is 0 Å². The minimum atomic E-state index is -1.32. The monoisotopic (exact) mass is 373 g/mol. The minimum absolute atomic E-state index is 0.0426. The summed E-state index contributed by atoms with van der Waals surface area (Å²) in [7, 11) is 0. The van der Waals surface area contributed by atoms with Crippen molar-refractivity contribution in [3.8, 4) is 5.75 Å². The van der Waals surface area contributed by atoms with E-state index in [1.807, 2.05) is 11.8 Å². The number of carboxylic acids is 1. The third-order valence-corrected chi connectivity index (χ3v) is 6.26. The second-order valence-electron chi connectivity index (χ2n) is 7.81. The molecule has 3 N–H and O–H groups in total. The molecule has 2 fully saturated rings. The molecule has 3 heterocycles. The van der Waals surface area contributed by atoms with Crippen LogP contribution >= 0.6 is 0 Å². The van der Waals surface area contributed by atoms with Gasteiger partial charge in [-0.2, -0.15) is 0 Å². The fraction of sp³-hybridized carbons (Fsp3) is 0.474. The van der Waals surface area contributed by atoms with Crippen LogP contribution in [-0.4, -0.2) is 41.4 Å². The maximum atomic E-state index is 15.1. The number of anilines is 1. The first-order valence-electron chi connectivity index (χ1n) is 9.16. The zero-order valence-electron chi connectivity index (χ0n) is 14.8. The molecule has 8 heteroatoms. The highest BCUT2D eigenvalue weighted by Crippen LogP contribution is 2.49. The van der Waals surface area contributed by atoms with E-state index < -0.39 is 17.2 Å². The van der Waals surface area contributed by atoms with Crippen LogP contribution in [0.3, 0.4) is 0 Å². The Labute approximate surface area is 154 Å². The Morgan fingerprint density at radius 2 is 2.07 bits per heavy atom. The van der Waals surface area contributed by atoms with Gasteiger partial charge in [-0.1, -0.05) is 0 Å². The highest BCUT2D eigenvalue weighted by atomic mass is 19.1. The second kappa shape index (κ2) is 5.45. The van der Waals surface area contributed by atoms with Gasteiger partial charge in [0.1, 0.15) is 11.3 Å². The SMILES string of the molecule is CC1CCOc2c(N3CC4C(N)C4C3)c(F)cc3c(=O)c(C(=O)O)cn1c23. The van der Waals surface area contributed by atoms with Gasteiger partial charge in [0.2, 0.25) is 5.43 Å². The number of nitrogens with zero attached hydrogens (tertiary/aromatic N) is 2. The van der Waals surface area contributed by atoms with E-state index in [0.29, 0.717) is 54.9 Å². The maximum absolute atomic E-state index is 15.1. The quantitative estimate of drug-likeness (QED) is 0.829. The number of aromatic nitrogens is 1. The molecule has 3 unspecified atom stereocenters. The van der Waals surface area contributed by atoms with Gasteiger partial charge in [-0.25, -0.2) is 9.18 Å². The largest absolute Gasteiger partial charge is 0.489 e. The van der Waals surface area contributed by atoms with Crippen molar-refractivity contribution in [1.29, 1.82) is 0 Å². The standard InChI is InChI=1S/C19H20FN3O4/c1-8-2-3-27-18-15-9(17(24)12(19(25)26)7-23(8)15)4-13(20)16(18)22-5-10-11(6-22)14(10)21/h4,7-8,10-11,14H,2-3,5-6,21H2,1H3,(H,25,26). The lowest BCUT2D eigenvalue weighted by Gasteiger charge is -2.26. The number of halogens is 1. The molecule has 0 radical (unpaired) electrons. The zero-order valence-corrected chi connectivity index (χ0v) is 14.8. The molecular weight excluding hydrogens is 353 g/mol. The molecule has 3 aliphatic rings. The van der Waals surface area contributed by atoms with Crippen molar-refractivity contribution in [2.75, 3.05) is 24.6 Å². The highest BCUT2D eigenvalue weighted by molar-refractivity contribution is 5.97. The Morgan fingerprint density at radius 3 is 2.74 bits per heavy atom. The molecule has 5 rings (SSSR count). The number of rotatable bonds is 2. The highest BCUT2D eigenvalue weighted by Gasteiger charge is 2.54. The third kappa shape index (κ3) is 2.22. The fourth-order valence-corrected chi connectivity index (χ4v) is 4.60. The molecule has 1 saturated carbocycles. The van der Waals surface area contributed by atoms with E-state index in [1.165, 1.54) is 6.20 Å². The molecule has 1 aliphatic carbocycles. The fourth-order valence-electron chi connectivity index (χ4n) is 4.60. The van der Waals surface area contributed by atoms with Gasteiger partial charge in [-0.05, 0) is 24.8 Å². The predicted molar refractivity (Wildman–Crippen MR) is 97.1 cm³/mol. The van der Waals surface area contributed by atoms with Crippen molar-refractivity contribution >= 4 is 22.6 Å². The molecule has 1 saturated heterocycles. The summed E-state index contributed by atoms with van der Waals surface area (Å²) in [5.74, 6) is -0.809. The average Bonchev–Trinajstić information content (AvgIpc) is 3.05. The summed E-state index contributed by atoms with van der Waals surface area (Å²) < 4.78 is 22.8. The average molecular weight is 373 g/mol. The number of ether oxygens (including phenoxy) is 1. The van der Waals surface area contributed by atoms with Crippen LogP contribution in [0.1, 0.15) is 29.7 Å². The first kappa shape index (κ1) is 16.6. The summed E-state index contributed by atoms with van der Waals surface area (Å²) >= 11 is 0. The van der Waals surface area contributed by atoms with Crippen LogP contribution < -0.4 is 20.8 Å². The van der Waals surface area contributed by atoms with E-state index in [9.17, 15) is 14.7 Å². The van der Waals surface area contributed by atoms with Crippen LogP contribution in [0.5, 0.6) is 5.75 Å². The summed E-state index contributed by atoms with van der Waals surface area (Å²) in [6, 6.07) is 1.26. The molecule has 27 heavy (non-hydrogen) atoms. The molecule has 3 atom stereocenters. The van der Waals surface area contributed by atoms with Crippen molar-refractivity contribution in [2.45, 2.75) is 25.4 Å². The summed E-state index contributed by atoms with van der Waals surface area (Å²) in [6.07, 6.45) is 1.98. The van der Waals surface area contributed by atoms with E-state index in [4.69, 9.17) is 10.5 Å². The smallest absolute Gasteiger partial charge is 0.341 e. The normalized spacial score (nSPS) is 28.6. The number of carboxylic acid groups (broad SMARTS) is 1. The van der Waals surface area contributed by atoms with Crippen LogP contribution in [0, 0.1) is 17.7 Å². The van der Waals surface area contributed by atoms with E-state index in [1.54, 1.807) is 4.57 Å². The van der Waals surface area contributed by atoms with Gasteiger partial charge >= 0.3 is 5.97 Å². The lowest BCUT2D eigenvalue weighted by molar-refractivity contribution is 0.0694. The van der Waals surface area contributed by atoms with Gasteiger partial charge in [0, 0.05) is 37.8 Å². The molecule has 2 aliphatic heterocycles. The molecule has 1 aromatic carbocycles. The molecule has 1 aromatic heterocycles. The number of carbonyl (C=O) groups is 1. The van der Waals surface area contributed by atoms with Gasteiger partial charge in [-0.15, -0.1) is 0 Å². The maximum Gasteiger partial charge on any atom is 0.341 e. The molecule has 142 valence electrons. The van der Waals surface area contributed by atoms with Gasteiger partial charge in [0.05, 0.1) is 17.5 Å². The minimum Gasteiger partial charge on any atom is -0.489 e. The van der Waals surface area contributed by atoms with Crippen LogP contribution in [0.15, 0.2) is 17.1 Å². The van der Waals surface area contributed by atoms with Crippen molar-refractivity contribution < 1.29 is 19.0 Å². The molecule has 7 nitrogen and oxygen atoms in total. The van der Waals surface area contributed by atoms with Crippen molar-refractivity contribution in [2.24, 2.45) is 17.6 Å². The number of fused-ring (bicyclic) bond motifs is 1. The molecular formula is C19H20FN3O4. The lowest BCUT2D eigenvalue weighted by atomic mass is 10.1.